The van der Waals surface area contributed by atoms with Gasteiger partial charge in [-0.3, -0.25) is 8.80 Å². The summed E-state index contributed by atoms with van der Waals surface area (Å²) in [5.41, 5.74) is 0. The molecule has 6 heavy (non-hydrogen) atoms. The Balaban J connectivity index is -0.0000000450. The van der Waals surface area contributed by atoms with Crippen molar-refractivity contribution in [3.8, 4) is 0 Å². The maximum atomic E-state index is 2.27. The van der Waals surface area contributed by atoms with E-state index in [1.807, 2.05) is 0 Å². The van der Waals surface area contributed by atoms with Gasteiger partial charge in [-0.05, 0) is 0 Å². The molecule has 0 radical (unpaired) electrons. The monoisotopic (exact) mass is 332 g/mol. The van der Waals surface area contributed by atoms with E-state index in [-0.39, 0.29) is 114 Å². The molecule has 0 aliphatic rings. The molecule has 0 fully saturated rings. The number of hydrogen-bond donors (Lipinski definition) is 0. The van der Waals surface area contributed by atoms with Gasteiger partial charge in [0, 0.05) is 46.9 Å². The van der Waals surface area contributed by atoms with Crippen LogP contribution in [0.5, 0.6) is 0 Å². The third-order valence-electron chi connectivity index (χ3n) is 0. The summed E-state index contributed by atoms with van der Waals surface area (Å²) >= 11 is 0. The number of hydrogen-bond acceptors (Lipinski definition) is 0. The van der Waals surface area contributed by atoms with E-state index in [1.165, 1.54) is 0 Å². The predicted octanol–water partition coefficient (Wildman–Crippen LogP) is -1.63. The van der Waals surface area contributed by atoms with Crippen LogP contribution in [0.25, 0.3) is 0 Å². The molecule has 40 valence electrons. The molecule has 0 unspecified atom stereocenters. The van der Waals surface area contributed by atoms with Crippen LogP contribution in [0.2, 0.25) is 19.6 Å². The number of rotatable bonds is 0. The topological polar surface area (TPSA) is 0 Å². The van der Waals surface area contributed by atoms with E-state index in [0.717, 1.165) is 0 Å². The molecule has 0 aromatic heterocycles. The van der Waals surface area contributed by atoms with Crippen molar-refractivity contribution in [2.75, 3.05) is 0 Å². The first-order valence-corrected chi connectivity index (χ1v) is 4.50. The minimum absolute atomic E-state index is 0. The van der Waals surface area contributed by atoms with E-state index in [9.17, 15) is 0 Å². The molecule has 0 N–H and O–H groups in total. The summed E-state index contributed by atoms with van der Waals surface area (Å²) in [6.45, 7) is 6.81. The van der Waals surface area contributed by atoms with Crippen molar-refractivity contribution >= 4 is 8.80 Å². The van der Waals surface area contributed by atoms with Crippen LogP contribution in [-0.2, 0) is 0 Å². The zero-order valence-electron chi connectivity index (χ0n) is 4.77. The van der Waals surface area contributed by atoms with Crippen molar-refractivity contribution in [1.82, 2.24) is 0 Å². The van der Waals surface area contributed by atoms with E-state index in [4.69, 9.17) is 0 Å². The molecular formula is C3H9RbSiYb. The first-order valence-electron chi connectivity index (χ1n) is 1.50. The molecular weight excluding hydrogens is 323 g/mol. The van der Waals surface area contributed by atoms with Crippen LogP contribution in [0.15, 0.2) is 0 Å². The Morgan fingerprint density at radius 3 is 1.00 bits per heavy atom. The van der Waals surface area contributed by atoms with Crippen LogP contribution >= 0.6 is 0 Å². The van der Waals surface area contributed by atoms with Crippen LogP contribution in [-0.4, -0.2) is 8.80 Å². The second-order valence-corrected chi connectivity index (χ2v) is 4.50. The van der Waals surface area contributed by atoms with Gasteiger partial charge in [-0.25, -0.2) is 0 Å². The summed E-state index contributed by atoms with van der Waals surface area (Å²) < 4.78 is 0. The Labute approximate surface area is 129 Å². The average Bonchev–Trinajstić information content (AvgIpc) is 0.811. The summed E-state index contributed by atoms with van der Waals surface area (Å²) in [7, 11) is 0.120. The fourth-order valence-electron chi connectivity index (χ4n) is 0. The van der Waals surface area contributed by atoms with Gasteiger partial charge in [-0.2, -0.15) is 19.6 Å². The SMILES string of the molecule is C[Si-](C)C.[Rb+].[Yb]. The molecule has 0 heterocycles. The molecule has 0 bridgehead atoms. The van der Waals surface area contributed by atoms with Crippen LogP contribution in [0.3, 0.4) is 0 Å². The second kappa shape index (κ2) is 11.4. The summed E-state index contributed by atoms with van der Waals surface area (Å²) in [4.78, 5) is 0. The van der Waals surface area contributed by atoms with Crippen molar-refractivity contribution in [2.45, 2.75) is 19.6 Å². The molecule has 0 aliphatic carbocycles. The Bertz CT molecular complexity index is 15.5. The third-order valence-corrected chi connectivity index (χ3v) is 0. The van der Waals surface area contributed by atoms with Gasteiger partial charge in [0.25, 0.3) is 0 Å². The zero-order chi connectivity index (χ0) is 3.58. The largest absolute Gasteiger partial charge is 1.00 e. The smallest absolute Gasteiger partial charge is 0.271 e. The van der Waals surface area contributed by atoms with Gasteiger partial charge in [0.05, 0.1) is 0 Å². The quantitative estimate of drug-likeness (QED) is 0.468. The van der Waals surface area contributed by atoms with Gasteiger partial charge >= 0.3 is 58.2 Å². The third kappa shape index (κ3) is 25.7. The summed E-state index contributed by atoms with van der Waals surface area (Å²) in [6, 6.07) is 0. The first kappa shape index (κ1) is 16.3. The van der Waals surface area contributed by atoms with Gasteiger partial charge in [0.1, 0.15) is 0 Å². The summed E-state index contributed by atoms with van der Waals surface area (Å²) in [6.07, 6.45) is 0. The second-order valence-electron chi connectivity index (χ2n) is 1.50. The maximum absolute atomic E-state index is 2.27. The minimum Gasteiger partial charge on any atom is -0.271 e. The van der Waals surface area contributed by atoms with Gasteiger partial charge in [0.15, 0.2) is 0 Å². The van der Waals surface area contributed by atoms with Crippen molar-refractivity contribution in [2.24, 2.45) is 0 Å². The van der Waals surface area contributed by atoms with Crippen molar-refractivity contribution < 1.29 is 105 Å². The fraction of sp³-hybridized carbons (Fsp3) is 1.00. The molecule has 0 aliphatic heterocycles. The van der Waals surface area contributed by atoms with Crippen molar-refractivity contribution in [3.05, 3.63) is 0 Å². The van der Waals surface area contributed by atoms with E-state index < -0.39 is 0 Å². The average molecular weight is 332 g/mol. The summed E-state index contributed by atoms with van der Waals surface area (Å²) in [5, 5.41) is 0. The molecule has 0 saturated heterocycles. The molecule has 0 aromatic carbocycles. The van der Waals surface area contributed by atoms with Crippen LogP contribution in [0.1, 0.15) is 0 Å². The van der Waals surface area contributed by atoms with E-state index in [0.29, 0.717) is 0 Å². The molecule has 0 amide bonds. The standard InChI is InChI=1S/C3H9Si.Rb.Yb/c1-4(2)3;;/h1-3H3;;/q-1;+1;. The Hall–Kier alpha value is 3.54. The predicted molar refractivity (Wildman–Crippen MR) is 23.3 cm³/mol. The summed E-state index contributed by atoms with van der Waals surface area (Å²) in [5.74, 6) is 0. The molecule has 0 rings (SSSR count). The molecule has 3 heteroatoms. The molecule has 0 spiro atoms. The van der Waals surface area contributed by atoms with Gasteiger partial charge in [0.2, 0.25) is 0 Å². The Kier molecular flexibility index (Phi) is 30.8. The van der Waals surface area contributed by atoms with Crippen LogP contribution < -0.4 is 58.2 Å². The molecule has 0 aromatic rings. The van der Waals surface area contributed by atoms with Crippen molar-refractivity contribution in [3.63, 3.8) is 0 Å². The fourth-order valence-corrected chi connectivity index (χ4v) is 0. The Morgan fingerprint density at radius 1 is 1.00 bits per heavy atom. The Morgan fingerprint density at radius 2 is 1.00 bits per heavy atom. The van der Waals surface area contributed by atoms with Crippen molar-refractivity contribution in [1.29, 1.82) is 0 Å². The maximum Gasteiger partial charge on any atom is 1.00 e. The van der Waals surface area contributed by atoms with Gasteiger partial charge < -0.3 is 0 Å². The molecule has 0 saturated carbocycles. The normalized spacial score (nSPS) is 6.00. The van der Waals surface area contributed by atoms with Crippen LogP contribution in [0.4, 0.5) is 0 Å². The van der Waals surface area contributed by atoms with Gasteiger partial charge in [-0.15, -0.1) is 0 Å². The molecule has 0 atom stereocenters. The van der Waals surface area contributed by atoms with Crippen LogP contribution in [0, 0.1) is 46.9 Å². The van der Waals surface area contributed by atoms with Gasteiger partial charge in [-0.1, -0.05) is 0 Å². The minimum atomic E-state index is 0. The van der Waals surface area contributed by atoms with E-state index >= 15 is 0 Å². The van der Waals surface area contributed by atoms with E-state index in [1.54, 1.807) is 0 Å². The van der Waals surface area contributed by atoms with E-state index in [2.05, 4.69) is 19.6 Å². The molecule has 0 nitrogen and oxygen atoms in total. The zero-order valence-corrected chi connectivity index (χ0v) is 12.4. The first-order chi connectivity index (χ1) is 1.73.